The van der Waals surface area contributed by atoms with Gasteiger partial charge in [0.05, 0.1) is 0 Å². The lowest BCUT2D eigenvalue weighted by Gasteiger charge is -2.29. The lowest BCUT2D eigenvalue weighted by Crippen LogP contribution is -2.41. The number of hydrogen-bond donors (Lipinski definition) is 1. The molecule has 0 aliphatic carbocycles. The Morgan fingerprint density at radius 2 is 1.80 bits per heavy atom. The minimum absolute atomic E-state index is 0.700. The second-order valence-corrected chi connectivity index (χ2v) is 4.72. The van der Waals surface area contributed by atoms with Crippen LogP contribution in [0.2, 0.25) is 0 Å². The number of hydrogen-bond acceptors (Lipinski definition) is 2. The smallest absolute Gasteiger partial charge is 0.0215 e. The minimum Gasteiger partial charge on any atom is -0.315 e. The van der Waals surface area contributed by atoms with E-state index in [1.807, 2.05) is 0 Å². The zero-order valence-electron chi connectivity index (χ0n) is 11.3. The number of likely N-dealkylation sites (N-methyl/N-ethyl adjacent to an activating group) is 1. The topological polar surface area (TPSA) is 15.3 Å². The van der Waals surface area contributed by atoms with Crippen molar-refractivity contribution >= 4 is 0 Å². The first kappa shape index (κ1) is 14.9. The van der Waals surface area contributed by atoms with E-state index in [9.17, 15) is 0 Å². The molecule has 0 amide bonds. The van der Waals surface area contributed by atoms with Gasteiger partial charge in [-0.3, -0.25) is 0 Å². The highest BCUT2D eigenvalue weighted by Crippen LogP contribution is 2.07. The van der Waals surface area contributed by atoms with Crippen LogP contribution >= 0.6 is 0 Å². The van der Waals surface area contributed by atoms with Gasteiger partial charge in [-0.15, -0.1) is 0 Å². The monoisotopic (exact) mass is 214 g/mol. The molecular formula is C13H30N2. The fraction of sp³-hybridized carbons (Fsp3) is 1.00. The third-order valence-electron chi connectivity index (χ3n) is 3.20. The SMILES string of the molecule is CCCNCC(CC)N(C)CC(C)CC. The fourth-order valence-electron chi connectivity index (χ4n) is 1.83. The molecule has 0 aliphatic heterocycles. The molecule has 1 N–H and O–H groups in total. The van der Waals surface area contributed by atoms with E-state index < -0.39 is 0 Å². The van der Waals surface area contributed by atoms with Crippen LogP contribution < -0.4 is 5.32 Å². The second kappa shape index (κ2) is 9.17. The maximum Gasteiger partial charge on any atom is 0.0215 e. The molecule has 0 aromatic heterocycles. The summed E-state index contributed by atoms with van der Waals surface area (Å²) in [5.41, 5.74) is 0. The van der Waals surface area contributed by atoms with Crippen LogP contribution in [0.1, 0.15) is 47.0 Å². The number of rotatable bonds is 9. The standard InChI is InChI=1S/C13H30N2/c1-6-9-14-10-13(8-3)15(5)11-12(4)7-2/h12-14H,6-11H2,1-5H3. The predicted octanol–water partition coefficient (Wildman–Crippen LogP) is 2.74. The van der Waals surface area contributed by atoms with Gasteiger partial charge in [0.1, 0.15) is 0 Å². The highest BCUT2D eigenvalue weighted by Gasteiger charge is 2.13. The minimum atomic E-state index is 0.700. The predicted molar refractivity (Wildman–Crippen MR) is 69.3 cm³/mol. The third-order valence-corrected chi connectivity index (χ3v) is 3.20. The van der Waals surface area contributed by atoms with Gasteiger partial charge < -0.3 is 10.2 Å². The Kier molecular flexibility index (Phi) is 9.12. The second-order valence-electron chi connectivity index (χ2n) is 4.72. The van der Waals surface area contributed by atoms with E-state index in [4.69, 9.17) is 0 Å². The molecular weight excluding hydrogens is 184 g/mol. The molecule has 2 heteroatoms. The summed E-state index contributed by atoms with van der Waals surface area (Å²) in [7, 11) is 2.26. The Bertz CT molecular complexity index is 136. The van der Waals surface area contributed by atoms with E-state index in [-0.39, 0.29) is 0 Å². The normalized spacial score (nSPS) is 15.6. The van der Waals surface area contributed by atoms with Crippen LogP contribution in [0.25, 0.3) is 0 Å². The highest BCUT2D eigenvalue weighted by molar-refractivity contribution is 4.71. The molecule has 0 rings (SSSR count). The molecule has 0 radical (unpaired) electrons. The zero-order chi connectivity index (χ0) is 11.7. The van der Waals surface area contributed by atoms with Crippen LogP contribution in [-0.2, 0) is 0 Å². The molecule has 0 saturated heterocycles. The number of nitrogens with zero attached hydrogens (tertiary/aromatic N) is 1. The van der Waals surface area contributed by atoms with Gasteiger partial charge in [-0.1, -0.05) is 34.1 Å². The first-order valence-electron chi connectivity index (χ1n) is 6.56. The average Bonchev–Trinajstić information content (AvgIpc) is 2.24. The lowest BCUT2D eigenvalue weighted by molar-refractivity contribution is 0.200. The van der Waals surface area contributed by atoms with Crippen LogP contribution in [0.5, 0.6) is 0 Å². The van der Waals surface area contributed by atoms with E-state index in [1.54, 1.807) is 0 Å². The van der Waals surface area contributed by atoms with Gasteiger partial charge in [0.15, 0.2) is 0 Å². The summed E-state index contributed by atoms with van der Waals surface area (Å²) in [6.07, 6.45) is 3.75. The Balaban J connectivity index is 3.81. The van der Waals surface area contributed by atoms with Gasteiger partial charge in [0.2, 0.25) is 0 Å². The van der Waals surface area contributed by atoms with E-state index in [0.717, 1.165) is 19.0 Å². The van der Waals surface area contributed by atoms with Gasteiger partial charge in [0.25, 0.3) is 0 Å². The maximum absolute atomic E-state index is 3.52. The highest BCUT2D eigenvalue weighted by atomic mass is 15.1. The molecule has 0 bridgehead atoms. The molecule has 0 aliphatic rings. The van der Waals surface area contributed by atoms with Gasteiger partial charge in [-0.25, -0.2) is 0 Å². The van der Waals surface area contributed by atoms with Crippen molar-refractivity contribution in [2.75, 3.05) is 26.7 Å². The van der Waals surface area contributed by atoms with Crippen molar-refractivity contribution in [3.63, 3.8) is 0 Å². The van der Waals surface area contributed by atoms with E-state index in [0.29, 0.717) is 6.04 Å². The molecule has 2 atom stereocenters. The van der Waals surface area contributed by atoms with Crippen LogP contribution in [0.3, 0.4) is 0 Å². The first-order valence-corrected chi connectivity index (χ1v) is 6.56. The summed E-state index contributed by atoms with van der Waals surface area (Å²) in [4.78, 5) is 2.51. The van der Waals surface area contributed by atoms with Crippen molar-refractivity contribution in [1.29, 1.82) is 0 Å². The largest absolute Gasteiger partial charge is 0.315 e. The van der Waals surface area contributed by atoms with Gasteiger partial charge in [0, 0.05) is 19.1 Å². The first-order chi connectivity index (χ1) is 7.15. The molecule has 2 unspecified atom stereocenters. The Labute approximate surface area is 96.4 Å². The van der Waals surface area contributed by atoms with E-state index in [2.05, 4.69) is 45.0 Å². The van der Waals surface area contributed by atoms with Gasteiger partial charge in [-0.05, 0) is 32.4 Å². The summed E-state index contributed by atoms with van der Waals surface area (Å²) in [5.74, 6) is 0.815. The Hall–Kier alpha value is -0.0800. The third kappa shape index (κ3) is 6.91. The number of nitrogens with one attached hydrogen (secondary N) is 1. The molecule has 15 heavy (non-hydrogen) atoms. The van der Waals surface area contributed by atoms with Gasteiger partial charge in [-0.2, -0.15) is 0 Å². The molecule has 92 valence electrons. The summed E-state index contributed by atoms with van der Waals surface area (Å²) >= 11 is 0. The quantitative estimate of drug-likeness (QED) is 0.594. The Morgan fingerprint density at radius 1 is 1.13 bits per heavy atom. The molecule has 0 saturated carbocycles. The van der Waals surface area contributed by atoms with Crippen molar-refractivity contribution < 1.29 is 0 Å². The van der Waals surface area contributed by atoms with Crippen LogP contribution in [0.4, 0.5) is 0 Å². The maximum atomic E-state index is 3.52. The van der Waals surface area contributed by atoms with Crippen LogP contribution in [0.15, 0.2) is 0 Å². The van der Waals surface area contributed by atoms with Crippen LogP contribution in [0, 0.1) is 5.92 Å². The summed E-state index contributed by atoms with van der Waals surface area (Å²) < 4.78 is 0. The Morgan fingerprint density at radius 3 is 2.27 bits per heavy atom. The zero-order valence-corrected chi connectivity index (χ0v) is 11.3. The van der Waals surface area contributed by atoms with Crippen molar-refractivity contribution in [3.05, 3.63) is 0 Å². The van der Waals surface area contributed by atoms with Crippen LogP contribution in [-0.4, -0.2) is 37.6 Å². The van der Waals surface area contributed by atoms with Crippen molar-refractivity contribution in [2.45, 2.75) is 53.0 Å². The van der Waals surface area contributed by atoms with Gasteiger partial charge >= 0.3 is 0 Å². The lowest BCUT2D eigenvalue weighted by atomic mass is 10.1. The average molecular weight is 214 g/mol. The molecule has 2 nitrogen and oxygen atoms in total. The molecule has 0 spiro atoms. The molecule has 0 fully saturated rings. The van der Waals surface area contributed by atoms with Crippen molar-refractivity contribution in [2.24, 2.45) is 5.92 Å². The molecule has 0 aromatic rings. The fourth-order valence-corrected chi connectivity index (χ4v) is 1.83. The summed E-state index contributed by atoms with van der Waals surface area (Å²) in [5, 5.41) is 3.52. The summed E-state index contributed by atoms with van der Waals surface area (Å²) in [6.45, 7) is 12.6. The van der Waals surface area contributed by atoms with E-state index in [1.165, 1.54) is 25.8 Å². The van der Waals surface area contributed by atoms with E-state index >= 15 is 0 Å². The summed E-state index contributed by atoms with van der Waals surface area (Å²) in [6, 6.07) is 0.700. The molecule has 0 aromatic carbocycles. The van der Waals surface area contributed by atoms with Crippen molar-refractivity contribution in [3.8, 4) is 0 Å². The molecule has 0 heterocycles. The van der Waals surface area contributed by atoms with Crippen molar-refractivity contribution in [1.82, 2.24) is 10.2 Å².